The molecule has 2 N–H and O–H groups in total. The van der Waals surface area contributed by atoms with Gasteiger partial charge in [-0.1, -0.05) is 6.08 Å². The van der Waals surface area contributed by atoms with Crippen LogP contribution < -0.4 is 0 Å². The Bertz CT molecular complexity index is 193. The smallest absolute Gasteiger partial charge is 0.106 e. The molecule has 0 bridgehead atoms. The van der Waals surface area contributed by atoms with Crippen LogP contribution >= 0.6 is 0 Å². The zero-order chi connectivity index (χ0) is 10.6. The highest BCUT2D eigenvalue weighted by molar-refractivity contribution is 4.91. The highest BCUT2D eigenvalue weighted by atomic mass is 16.5. The first kappa shape index (κ1) is 11.7. The summed E-state index contributed by atoms with van der Waals surface area (Å²) >= 11 is 0. The van der Waals surface area contributed by atoms with Crippen LogP contribution in [-0.2, 0) is 4.74 Å². The van der Waals surface area contributed by atoms with Crippen molar-refractivity contribution in [2.24, 2.45) is 0 Å². The lowest BCUT2D eigenvalue weighted by Crippen LogP contribution is -2.41. The largest absolute Gasteiger partial charge is 0.394 e. The van der Waals surface area contributed by atoms with Crippen LogP contribution in [0.25, 0.3) is 0 Å². The summed E-state index contributed by atoms with van der Waals surface area (Å²) in [6.07, 6.45) is 4.99. The molecule has 1 rings (SSSR count). The van der Waals surface area contributed by atoms with Gasteiger partial charge in [-0.05, 0) is 32.6 Å². The van der Waals surface area contributed by atoms with Crippen LogP contribution in [0.15, 0.2) is 12.7 Å². The van der Waals surface area contributed by atoms with Crippen molar-refractivity contribution in [1.82, 2.24) is 0 Å². The molecule has 14 heavy (non-hydrogen) atoms. The number of allylic oxidation sites excluding steroid dienone is 1. The summed E-state index contributed by atoms with van der Waals surface area (Å²) in [5, 5.41) is 18.4. The predicted molar refractivity (Wildman–Crippen MR) is 55.0 cm³/mol. The topological polar surface area (TPSA) is 49.7 Å². The third-order valence-corrected chi connectivity index (χ3v) is 2.97. The van der Waals surface area contributed by atoms with Gasteiger partial charge in [0.2, 0.25) is 0 Å². The number of hydrogen-bond donors (Lipinski definition) is 2. The van der Waals surface area contributed by atoms with Crippen molar-refractivity contribution in [2.75, 3.05) is 6.61 Å². The maximum atomic E-state index is 9.56. The first-order valence-electron chi connectivity index (χ1n) is 5.20. The van der Waals surface area contributed by atoms with Gasteiger partial charge >= 0.3 is 0 Å². The van der Waals surface area contributed by atoms with Gasteiger partial charge in [-0.2, -0.15) is 0 Å². The third-order valence-electron chi connectivity index (χ3n) is 2.97. The van der Waals surface area contributed by atoms with Crippen molar-refractivity contribution in [3.8, 4) is 0 Å². The van der Waals surface area contributed by atoms with E-state index in [-0.39, 0.29) is 12.7 Å². The molecule has 1 heterocycles. The Kier molecular flexibility index (Phi) is 4.11. The molecule has 3 nitrogen and oxygen atoms in total. The van der Waals surface area contributed by atoms with Crippen molar-refractivity contribution < 1.29 is 14.9 Å². The SMILES string of the molecule is C=CCC[C@@H]1CC[C@@](C)([C@H](O)CO)O1. The molecule has 1 aliphatic heterocycles. The second kappa shape index (κ2) is 4.91. The zero-order valence-corrected chi connectivity index (χ0v) is 8.78. The molecule has 0 aromatic heterocycles. The lowest BCUT2D eigenvalue weighted by atomic mass is 9.95. The van der Waals surface area contributed by atoms with Gasteiger partial charge in [0.25, 0.3) is 0 Å². The Morgan fingerprint density at radius 3 is 3.00 bits per heavy atom. The van der Waals surface area contributed by atoms with E-state index in [9.17, 15) is 5.11 Å². The molecule has 0 spiro atoms. The summed E-state index contributed by atoms with van der Waals surface area (Å²) in [5.74, 6) is 0. The Hall–Kier alpha value is -0.380. The van der Waals surface area contributed by atoms with Gasteiger partial charge in [0, 0.05) is 0 Å². The number of aliphatic hydroxyl groups is 2. The second-order valence-corrected chi connectivity index (χ2v) is 4.16. The lowest BCUT2D eigenvalue weighted by molar-refractivity contribution is -0.119. The van der Waals surface area contributed by atoms with E-state index in [1.165, 1.54) is 0 Å². The van der Waals surface area contributed by atoms with E-state index in [2.05, 4.69) is 6.58 Å². The molecule has 0 amide bonds. The fourth-order valence-electron chi connectivity index (χ4n) is 1.89. The zero-order valence-electron chi connectivity index (χ0n) is 8.78. The minimum atomic E-state index is -0.767. The highest BCUT2D eigenvalue weighted by Crippen LogP contribution is 2.34. The number of rotatable bonds is 5. The molecule has 0 saturated carbocycles. The normalized spacial score (nSPS) is 34.4. The van der Waals surface area contributed by atoms with Crippen LogP contribution in [0, 0.1) is 0 Å². The molecule has 0 radical (unpaired) electrons. The Balaban J connectivity index is 2.42. The minimum absolute atomic E-state index is 0.208. The van der Waals surface area contributed by atoms with Gasteiger partial charge in [-0.25, -0.2) is 0 Å². The second-order valence-electron chi connectivity index (χ2n) is 4.16. The molecule has 0 aromatic carbocycles. The van der Waals surface area contributed by atoms with E-state index in [4.69, 9.17) is 9.84 Å². The minimum Gasteiger partial charge on any atom is -0.394 e. The van der Waals surface area contributed by atoms with Crippen molar-refractivity contribution in [1.29, 1.82) is 0 Å². The first-order valence-corrected chi connectivity index (χ1v) is 5.20. The molecule has 0 aliphatic carbocycles. The Morgan fingerprint density at radius 2 is 2.43 bits per heavy atom. The van der Waals surface area contributed by atoms with Gasteiger partial charge in [0.05, 0.1) is 18.3 Å². The summed E-state index contributed by atoms with van der Waals surface area (Å²) in [5.41, 5.74) is -0.555. The average molecular weight is 200 g/mol. The molecule has 1 aliphatic rings. The number of ether oxygens (including phenoxy) is 1. The summed E-state index contributed by atoms with van der Waals surface area (Å²) in [4.78, 5) is 0. The van der Waals surface area contributed by atoms with Crippen LogP contribution in [0.3, 0.4) is 0 Å². The fourth-order valence-corrected chi connectivity index (χ4v) is 1.89. The number of aliphatic hydroxyl groups excluding tert-OH is 2. The predicted octanol–water partition coefficient (Wildman–Crippen LogP) is 1.24. The molecular weight excluding hydrogens is 180 g/mol. The average Bonchev–Trinajstić information content (AvgIpc) is 2.57. The van der Waals surface area contributed by atoms with Gasteiger partial charge in [0.1, 0.15) is 6.10 Å². The third kappa shape index (κ3) is 2.56. The maximum absolute atomic E-state index is 9.56. The standard InChI is InChI=1S/C11H20O3/c1-3-4-5-9-6-7-11(2,14-9)10(13)8-12/h3,9-10,12-13H,1,4-8H2,2H3/t9-,10-,11+/m1/s1. The summed E-state index contributed by atoms with van der Waals surface area (Å²) in [6, 6.07) is 0. The van der Waals surface area contributed by atoms with Crippen LogP contribution in [0.2, 0.25) is 0 Å². The Morgan fingerprint density at radius 1 is 1.71 bits per heavy atom. The molecule has 82 valence electrons. The summed E-state index contributed by atoms with van der Waals surface area (Å²) in [7, 11) is 0. The molecule has 3 heteroatoms. The quantitative estimate of drug-likeness (QED) is 0.656. The van der Waals surface area contributed by atoms with Crippen molar-refractivity contribution in [3.63, 3.8) is 0 Å². The van der Waals surface area contributed by atoms with E-state index >= 15 is 0 Å². The van der Waals surface area contributed by atoms with Crippen molar-refractivity contribution in [2.45, 2.75) is 50.4 Å². The molecule has 0 unspecified atom stereocenters. The van der Waals surface area contributed by atoms with Crippen LogP contribution in [0.1, 0.15) is 32.6 Å². The highest BCUT2D eigenvalue weighted by Gasteiger charge is 2.41. The molecule has 3 atom stereocenters. The Labute approximate surface area is 85.4 Å². The van der Waals surface area contributed by atoms with Crippen molar-refractivity contribution in [3.05, 3.63) is 12.7 Å². The lowest BCUT2D eigenvalue weighted by Gasteiger charge is -2.29. The molecule has 1 fully saturated rings. The fraction of sp³-hybridized carbons (Fsp3) is 0.818. The van der Waals surface area contributed by atoms with Crippen molar-refractivity contribution >= 4 is 0 Å². The van der Waals surface area contributed by atoms with E-state index in [1.807, 2.05) is 13.0 Å². The maximum Gasteiger partial charge on any atom is 0.106 e. The van der Waals surface area contributed by atoms with Gasteiger partial charge in [-0.15, -0.1) is 6.58 Å². The van der Waals surface area contributed by atoms with Crippen LogP contribution in [0.5, 0.6) is 0 Å². The van der Waals surface area contributed by atoms with Gasteiger partial charge in [0.15, 0.2) is 0 Å². The first-order chi connectivity index (χ1) is 6.62. The van der Waals surface area contributed by atoms with E-state index in [0.29, 0.717) is 0 Å². The molecular formula is C11H20O3. The molecule has 0 aromatic rings. The number of hydrogen-bond acceptors (Lipinski definition) is 3. The summed E-state index contributed by atoms with van der Waals surface area (Å²) < 4.78 is 5.75. The summed E-state index contributed by atoms with van der Waals surface area (Å²) in [6.45, 7) is 5.30. The van der Waals surface area contributed by atoms with E-state index in [1.54, 1.807) is 0 Å². The van der Waals surface area contributed by atoms with Crippen LogP contribution in [-0.4, -0.2) is 34.6 Å². The van der Waals surface area contributed by atoms with Gasteiger partial charge < -0.3 is 14.9 Å². The van der Waals surface area contributed by atoms with E-state index < -0.39 is 11.7 Å². The van der Waals surface area contributed by atoms with Crippen LogP contribution in [0.4, 0.5) is 0 Å². The van der Waals surface area contributed by atoms with E-state index in [0.717, 1.165) is 25.7 Å². The van der Waals surface area contributed by atoms with Gasteiger partial charge in [-0.3, -0.25) is 0 Å². The monoisotopic (exact) mass is 200 g/mol. The molecule has 1 saturated heterocycles.